The lowest BCUT2D eigenvalue weighted by atomic mass is 9.86. The van der Waals surface area contributed by atoms with Crippen molar-refractivity contribution < 1.29 is 14.9 Å². The molecule has 4 nitrogen and oxygen atoms in total. The highest BCUT2D eigenvalue weighted by Crippen LogP contribution is 2.29. The summed E-state index contributed by atoms with van der Waals surface area (Å²) < 4.78 is 5.08. The first-order chi connectivity index (χ1) is 9.22. The number of methoxy groups -OCH3 is 1. The summed E-state index contributed by atoms with van der Waals surface area (Å²) in [6, 6.07) is 5.48. The van der Waals surface area contributed by atoms with Crippen molar-refractivity contribution >= 4 is 0 Å². The number of hydrogen-bond donors (Lipinski definition) is 3. The quantitative estimate of drug-likeness (QED) is 0.762. The molecule has 19 heavy (non-hydrogen) atoms. The van der Waals surface area contributed by atoms with Crippen LogP contribution in [0.5, 0.6) is 11.5 Å². The first-order valence-corrected chi connectivity index (χ1v) is 6.96. The largest absolute Gasteiger partial charge is 0.504 e. The number of aliphatic hydroxyl groups excluding tert-OH is 1. The van der Waals surface area contributed by atoms with Crippen molar-refractivity contribution in [2.45, 2.75) is 38.3 Å². The number of aliphatic hydroxyl groups is 1. The van der Waals surface area contributed by atoms with Gasteiger partial charge in [-0.15, -0.1) is 0 Å². The lowest BCUT2D eigenvalue weighted by Crippen LogP contribution is -2.33. The van der Waals surface area contributed by atoms with Crippen LogP contribution in [0.1, 0.15) is 31.2 Å². The average Bonchev–Trinajstić information content (AvgIpc) is 2.43. The molecule has 106 valence electrons. The molecule has 1 aliphatic carbocycles. The number of rotatable bonds is 5. The van der Waals surface area contributed by atoms with E-state index >= 15 is 0 Å². The molecule has 0 spiro atoms. The lowest BCUT2D eigenvalue weighted by Gasteiger charge is -2.27. The van der Waals surface area contributed by atoms with Gasteiger partial charge in [-0.2, -0.15) is 0 Å². The van der Waals surface area contributed by atoms with E-state index in [0.29, 0.717) is 18.2 Å². The SMILES string of the molecule is COc1cccc(CNCC2CCCCC2O)c1O. The van der Waals surface area contributed by atoms with Gasteiger partial charge in [0.2, 0.25) is 0 Å². The highest BCUT2D eigenvalue weighted by Gasteiger charge is 2.22. The standard InChI is InChI=1S/C15H23NO3/c1-19-14-8-4-6-12(15(14)18)10-16-9-11-5-2-3-7-13(11)17/h4,6,8,11,13,16-18H,2-3,5,7,9-10H2,1H3. The van der Waals surface area contributed by atoms with Gasteiger partial charge in [-0.05, 0) is 24.8 Å². The molecule has 1 aliphatic rings. The number of ether oxygens (including phenoxy) is 1. The molecule has 0 heterocycles. The number of nitrogens with one attached hydrogen (secondary N) is 1. The maximum Gasteiger partial charge on any atom is 0.162 e. The summed E-state index contributed by atoms with van der Waals surface area (Å²) in [6.07, 6.45) is 4.15. The number of hydrogen-bond acceptors (Lipinski definition) is 4. The van der Waals surface area contributed by atoms with Gasteiger partial charge in [0.15, 0.2) is 11.5 Å². The van der Waals surface area contributed by atoms with Crippen molar-refractivity contribution in [2.24, 2.45) is 5.92 Å². The highest BCUT2D eigenvalue weighted by molar-refractivity contribution is 5.45. The summed E-state index contributed by atoms with van der Waals surface area (Å²) >= 11 is 0. The molecule has 0 amide bonds. The molecule has 1 saturated carbocycles. The zero-order chi connectivity index (χ0) is 13.7. The average molecular weight is 265 g/mol. The normalized spacial score (nSPS) is 23.3. The number of para-hydroxylation sites is 1. The maximum atomic E-state index is 9.96. The Balaban J connectivity index is 1.85. The summed E-state index contributed by atoms with van der Waals surface area (Å²) in [4.78, 5) is 0. The summed E-state index contributed by atoms with van der Waals surface area (Å²) in [5.74, 6) is 1.03. The lowest BCUT2D eigenvalue weighted by molar-refractivity contribution is 0.0695. The molecule has 0 bridgehead atoms. The first-order valence-electron chi connectivity index (χ1n) is 6.96. The zero-order valence-electron chi connectivity index (χ0n) is 11.4. The summed E-state index contributed by atoms with van der Waals surface area (Å²) in [6.45, 7) is 1.38. The van der Waals surface area contributed by atoms with Crippen molar-refractivity contribution in [3.8, 4) is 11.5 Å². The molecule has 1 aromatic carbocycles. The second-order valence-corrected chi connectivity index (χ2v) is 5.21. The maximum absolute atomic E-state index is 9.96. The van der Waals surface area contributed by atoms with E-state index in [1.54, 1.807) is 13.2 Å². The topological polar surface area (TPSA) is 61.7 Å². The third-order valence-electron chi connectivity index (χ3n) is 3.89. The Hall–Kier alpha value is -1.26. The fourth-order valence-corrected chi connectivity index (χ4v) is 2.69. The van der Waals surface area contributed by atoms with Gasteiger partial charge in [-0.25, -0.2) is 0 Å². The van der Waals surface area contributed by atoms with E-state index in [4.69, 9.17) is 4.74 Å². The third-order valence-corrected chi connectivity index (χ3v) is 3.89. The molecule has 2 atom stereocenters. The number of phenols is 1. The Morgan fingerprint density at radius 2 is 2.11 bits per heavy atom. The summed E-state index contributed by atoms with van der Waals surface area (Å²) in [5, 5.41) is 23.2. The van der Waals surface area contributed by atoms with Gasteiger partial charge in [0.1, 0.15) is 0 Å². The fourth-order valence-electron chi connectivity index (χ4n) is 2.69. The van der Waals surface area contributed by atoms with Gasteiger partial charge < -0.3 is 20.3 Å². The van der Waals surface area contributed by atoms with E-state index in [-0.39, 0.29) is 11.9 Å². The van der Waals surface area contributed by atoms with E-state index in [0.717, 1.165) is 31.4 Å². The van der Waals surface area contributed by atoms with Crippen molar-refractivity contribution in [1.29, 1.82) is 0 Å². The van der Waals surface area contributed by atoms with Crippen LogP contribution in [0.15, 0.2) is 18.2 Å². The van der Waals surface area contributed by atoms with Crippen LogP contribution in [-0.2, 0) is 6.54 Å². The smallest absolute Gasteiger partial charge is 0.162 e. The second-order valence-electron chi connectivity index (χ2n) is 5.21. The second kappa shape index (κ2) is 6.78. The van der Waals surface area contributed by atoms with Crippen LogP contribution in [-0.4, -0.2) is 30.0 Å². The highest BCUT2D eigenvalue weighted by atomic mass is 16.5. The monoisotopic (exact) mass is 265 g/mol. The molecule has 2 unspecified atom stereocenters. The molecule has 1 aromatic rings. The van der Waals surface area contributed by atoms with Gasteiger partial charge >= 0.3 is 0 Å². The van der Waals surface area contributed by atoms with Crippen LogP contribution < -0.4 is 10.1 Å². The van der Waals surface area contributed by atoms with Crippen molar-refractivity contribution in [1.82, 2.24) is 5.32 Å². The third kappa shape index (κ3) is 3.61. The van der Waals surface area contributed by atoms with Crippen LogP contribution in [0, 0.1) is 5.92 Å². The molecular weight excluding hydrogens is 242 g/mol. The Morgan fingerprint density at radius 1 is 1.32 bits per heavy atom. The van der Waals surface area contributed by atoms with E-state index in [1.165, 1.54) is 6.42 Å². The summed E-state index contributed by atoms with van der Waals surface area (Å²) in [5.41, 5.74) is 0.824. The van der Waals surface area contributed by atoms with Crippen molar-refractivity contribution in [3.63, 3.8) is 0 Å². The number of aromatic hydroxyl groups is 1. The first kappa shape index (κ1) is 14.2. The van der Waals surface area contributed by atoms with Crippen LogP contribution in [0.25, 0.3) is 0 Å². The molecule has 4 heteroatoms. The number of benzene rings is 1. The van der Waals surface area contributed by atoms with Crippen LogP contribution >= 0.6 is 0 Å². The minimum Gasteiger partial charge on any atom is -0.504 e. The molecule has 0 radical (unpaired) electrons. The van der Waals surface area contributed by atoms with Crippen LogP contribution in [0.4, 0.5) is 0 Å². The van der Waals surface area contributed by atoms with Crippen LogP contribution in [0.3, 0.4) is 0 Å². The van der Waals surface area contributed by atoms with Crippen LogP contribution in [0.2, 0.25) is 0 Å². The molecule has 0 saturated heterocycles. The molecule has 1 fully saturated rings. The summed E-state index contributed by atoms with van der Waals surface area (Å²) in [7, 11) is 1.55. The van der Waals surface area contributed by atoms with Gasteiger partial charge in [0, 0.05) is 18.7 Å². The Kier molecular flexibility index (Phi) is 5.05. The van der Waals surface area contributed by atoms with Gasteiger partial charge in [-0.1, -0.05) is 25.0 Å². The van der Waals surface area contributed by atoms with E-state index < -0.39 is 0 Å². The fraction of sp³-hybridized carbons (Fsp3) is 0.600. The molecular formula is C15H23NO3. The van der Waals surface area contributed by atoms with E-state index in [1.807, 2.05) is 12.1 Å². The molecule has 0 aromatic heterocycles. The minimum atomic E-state index is -0.180. The van der Waals surface area contributed by atoms with Gasteiger partial charge in [0.05, 0.1) is 13.2 Å². The van der Waals surface area contributed by atoms with E-state index in [9.17, 15) is 10.2 Å². The Bertz CT molecular complexity index is 408. The molecule has 0 aliphatic heterocycles. The van der Waals surface area contributed by atoms with Crippen molar-refractivity contribution in [2.75, 3.05) is 13.7 Å². The number of phenolic OH excluding ortho intramolecular Hbond substituents is 1. The molecule has 2 rings (SSSR count). The Morgan fingerprint density at radius 3 is 2.84 bits per heavy atom. The van der Waals surface area contributed by atoms with E-state index in [2.05, 4.69) is 5.32 Å². The van der Waals surface area contributed by atoms with Gasteiger partial charge in [-0.3, -0.25) is 0 Å². The Labute approximate surface area is 114 Å². The van der Waals surface area contributed by atoms with Crippen molar-refractivity contribution in [3.05, 3.63) is 23.8 Å². The van der Waals surface area contributed by atoms with Gasteiger partial charge in [0.25, 0.3) is 0 Å². The predicted octanol–water partition coefficient (Wildman–Crippen LogP) is 2.04. The zero-order valence-corrected chi connectivity index (χ0v) is 11.4. The minimum absolute atomic E-state index is 0.180. The molecule has 3 N–H and O–H groups in total. The predicted molar refractivity (Wildman–Crippen MR) is 74.3 cm³/mol.